The van der Waals surface area contributed by atoms with E-state index in [1.807, 2.05) is 56.3 Å². The summed E-state index contributed by atoms with van der Waals surface area (Å²) in [6, 6.07) is 15.2. The second-order valence-electron chi connectivity index (χ2n) is 5.81. The number of amides is 2. The van der Waals surface area contributed by atoms with Crippen LogP contribution in [0.25, 0.3) is 6.08 Å². The van der Waals surface area contributed by atoms with E-state index >= 15 is 0 Å². The highest BCUT2D eigenvalue weighted by atomic mass is 32.2. The molecule has 2 aromatic carbocycles. The van der Waals surface area contributed by atoms with Gasteiger partial charge in [0.05, 0.1) is 10.6 Å². The molecule has 2 amide bonds. The van der Waals surface area contributed by atoms with Gasteiger partial charge in [-0.1, -0.05) is 42.1 Å². The topological polar surface area (TPSA) is 58.2 Å². The maximum Gasteiger partial charge on any atom is 0.262 e. The first-order valence-corrected chi connectivity index (χ1v) is 8.55. The fraction of sp³-hybridized carbons (Fsp3) is 0.158. The number of thioether (sulfide) groups is 1. The Morgan fingerprint density at radius 2 is 1.92 bits per heavy atom. The molecule has 5 heteroatoms. The molecule has 122 valence electrons. The predicted octanol–water partition coefficient (Wildman–Crippen LogP) is 3.91. The maximum absolute atomic E-state index is 12.3. The molecule has 4 nitrogen and oxygen atoms in total. The van der Waals surface area contributed by atoms with E-state index in [1.54, 1.807) is 12.1 Å². The van der Waals surface area contributed by atoms with Crippen LogP contribution < -0.4 is 10.6 Å². The summed E-state index contributed by atoms with van der Waals surface area (Å²) in [5.41, 5.74) is 2.19. The zero-order valence-electron chi connectivity index (χ0n) is 13.5. The molecule has 0 aliphatic carbocycles. The lowest BCUT2D eigenvalue weighted by atomic mass is 10.1. The van der Waals surface area contributed by atoms with Gasteiger partial charge < -0.3 is 10.6 Å². The number of carbonyl (C=O) groups excluding carboxylic acids is 2. The Hall–Kier alpha value is -2.53. The molecule has 1 aliphatic heterocycles. The minimum atomic E-state index is -0.155. The molecule has 0 aromatic heterocycles. The summed E-state index contributed by atoms with van der Waals surface area (Å²) in [6.45, 7) is 3.82. The van der Waals surface area contributed by atoms with Crippen molar-refractivity contribution in [2.75, 3.05) is 5.32 Å². The Bertz CT molecular complexity index is 813. The van der Waals surface area contributed by atoms with Gasteiger partial charge in [0, 0.05) is 16.5 Å². The highest BCUT2D eigenvalue weighted by Crippen LogP contribution is 2.39. The number of carbonyl (C=O) groups is 2. The number of fused-ring (bicyclic) bond motifs is 1. The average Bonchev–Trinajstić information content (AvgIpc) is 2.55. The number of benzene rings is 2. The van der Waals surface area contributed by atoms with Crippen LogP contribution in [0.5, 0.6) is 0 Å². The highest BCUT2D eigenvalue weighted by molar-refractivity contribution is 8.04. The lowest BCUT2D eigenvalue weighted by Gasteiger charge is -2.19. The van der Waals surface area contributed by atoms with Gasteiger partial charge in [-0.15, -0.1) is 0 Å². The first-order valence-electron chi connectivity index (χ1n) is 7.74. The molecule has 0 saturated carbocycles. The molecule has 0 radical (unpaired) electrons. The summed E-state index contributed by atoms with van der Waals surface area (Å²) in [4.78, 5) is 26.0. The fourth-order valence-corrected chi connectivity index (χ4v) is 3.28. The van der Waals surface area contributed by atoms with Gasteiger partial charge in [0.25, 0.3) is 11.8 Å². The minimum absolute atomic E-state index is 0.0675. The van der Waals surface area contributed by atoms with E-state index < -0.39 is 0 Å². The summed E-state index contributed by atoms with van der Waals surface area (Å²) in [5.74, 6) is -0.296. The lowest BCUT2D eigenvalue weighted by Crippen LogP contribution is -2.30. The van der Waals surface area contributed by atoms with Crippen LogP contribution in [0, 0.1) is 0 Å². The van der Waals surface area contributed by atoms with Gasteiger partial charge in [-0.3, -0.25) is 9.59 Å². The molecule has 1 heterocycles. The zero-order valence-corrected chi connectivity index (χ0v) is 14.3. The molecule has 0 bridgehead atoms. The molecule has 0 fully saturated rings. The third kappa shape index (κ3) is 3.68. The summed E-state index contributed by atoms with van der Waals surface area (Å²) >= 11 is 1.41. The van der Waals surface area contributed by atoms with Crippen LogP contribution in [0.3, 0.4) is 0 Å². The molecule has 0 unspecified atom stereocenters. The van der Waals surface area contributed by atoms with Gasteiger partial charge in [0.15, 0.2) is 0 Å². The van der Waals surface area contributed by atoms with E-state index in [4.69, 9.17) is 0 Å². The van der Waals surface area contributed by atoms with Gasteiger partial charge in [0.2, 0.25) is 0 Å². The molecule has 2 aromatic rings. The summed E-state index contributed by atoms with van der Waals surface area (Å²) in [6.07, 6.45) is 1.86. The summed E-state index contributed by atoms with van der Waals surface area (Å²) < 4.78 is 0. The Morgan fingerprint density at radius 3 is 2.62 bits per heavy atom. The smallest absolute Gasteiger partial charge is 0.262 e. The van der Waals surface area contributed by atoms with Gasteiger partial charge in [-0.2, -0.15) is 0 Å². The van der Waals surface area contributed by atoms with E-state index in [9.17, 15) is 9.59 Å². The van der Waals surface area contributed by atoms with Crippen molar-refractivity contribution in [2.45, 2.75) is 24.8 Å². The third-order valence-corrected chi connectivity index (χ3v) is 4.55. The first kappa shape index (κ1) is 16.3. The SMILES string of the molecule is CC(C)NC(=O)c1ccc2c(c1)NC(=O)/C(=C/c1ccccc1)S2. The normalized spacial score (nSPS) is 15.1. The van der Waals surface area contributed by atoms with Crippen LogP contribution in [-0.2, 0) is 4.79 Å². The van der Waals surface area contributed by atoms with Gasteiger partial charge in [-0.25, -0.2) is 0 Å². The molecule has 1 aliphatic rings. The van der Waals surface area contributed by atoms with Crippen LogP contribution in [0.15, 0.2) is 58.3 Å². The number of hydrogen-bond donors (Lipinski definition) is 2. The van der Waals surface area contributed by atoms with Crippen LogP contribution in [0.1, 0.15) is 29.8 Å². The number of nitrogens with one attached hydrogen (secondary N) is 2. The standard InChI is InChI=1S/C19H18N2O2S/c1-12(2)20-18(22)14-8-9-16-15(11-14)21-19(23)17(24-16)10-13-6-4-3-5-7-13/h3-12H,1-2H3,(H,20,22)(H,21,23)/b17-10-. The minimum Gasteiger partial charge on any atom is -0.350 e. The number of anilines is 1. The monoisotopic (exact) mass is 338 g/mol. The maximum atomic E-state index is 12.3. The zero-order chi connectivity index (χ0) is 17.1. The van der Waals surface area contributed by atoms with E-state index in [0.29, 0.717) is 16.2 Å². The van der Waals surface area contributed by atoms with Crippen molar-refractivity contribution in [3.8, 4) is 0 Å². The molecule has 0 spiro atoms. The van der Waals surface area contributed by atoms with E-state index in [-0.39, 0.29) is 17.9 Å². The van der Waals surface area contributed by atoms with Crippen molar-refractivity contribution >= 4 is 35.3 Å². The number of hydrogen-bond acceptors (Lipinski definition) is 3. The van der Waals surface area contributed by atoms with Crippen molar-refractivity contribution in [1.82, 2.24) is 5.32 Å². The van der Waals surface area contributed by atoms with Gasteiger partial charge in [-0.05, 0) is 43.7 Å². The number of rotatable bonds is 3. The second-order valence-corrected chi connectivity index (χ2v) is 6.90. The summed E-state index contributed by atoms with van der Waals surface area (Å²) in [7, 11) is 0. The van der Waals surface area contributed by atoms with E-state index in [0.717, 1.165) is 10.5 Å². The predicted molar refractivity (Wildman–Crippen MR) is 97.9 cm³/mol. The van der Waals surface area contributed by atoms with Gasteiger partial charge in [0.1, 0.15) is 0 Å². The van der Waals surface area contributed by atoms with Crippen molar-refractivity contribution in [3.05, 3.63) is 64.6 Å². The average molecular weight is 338 g/mol. The first-order chi connectivity index (χ1) is 11.5. The van der Waals surface area contributed by atoms with Crippen molar-refractivity contribution in [1.29, 1.82) is 0 Å². The fourth-order valence-electron chi connectivity index (χ4n) is 2.35. The quantitative estimate of drug-likeness (QED) is 0.834. The Kier molecular flexibility index (Phi) is 4.71. The van der Waals surface area contributed by atoms with Gasteiger partial charge >= 0.3 is 0 Å². The second kappa shape index (κ2) is 6.93. The van der Waals surface area contributed by atoms with Crippen LogP contribution >= 0.6 is 11.8 Å². The Labute approximate surface area is 145 Å². The Morgan fingerprint density at radius 1 is 1.17 bits per heavy atom. The molecule has 0 saturated heterocycles. The van der Waals surface area contributed by atoms with Crippen LogP contribution in [0.2, 0.25) is 0 Å². The molecule has 0 atom stereocenters. The van der Waals surface area contributed by atoms with Crippen molar-refractivity contribution in [2.24, 2.45) is 0 Å². The largest absolute Gasteiger partial charge is 0.350 e. The van der Waals surface area contributed by atoms with Crippen molar-refractivity contribution < 1.29 is 9.59 Å². The van der Waals surface area contributed by atoms with Crippen LogP contribution in [0.4, 0.5) is 5.69 Å². The Balaban J connectivity index is 1.85. The van der Waals surface area contributed by atoms with E-state index in [2.05, 4.69) is 10.6 Å². The highest BCUT2D eigenvalue weighted by Gasteiger charge is 2.22. The molecular formula is C19H18N2O2S. The lowest BCUT2D eigenvalue weighted by molar-refractivity contribution is -0.112. The molecule has 2 N–H and O–H groups in total. The summed E-state index contributed by atoms with van der Waals surface area (Å²) in [5, 5.41) is 5.72. The molecule has 3 rings (SSSR count). The van der Waals surface area contributed by atoms with Crippen LogP contribution in [-0.4, -0.2) is 17.9 Å². The molecular weight excluding hydrogens is 320 g/mol. The van der Waals surface area contributed by atoms with E-state index in [1.165, 1.54) is 11.8 Å². The van der Waals surface area contributed by atoms with Crippen molar-refractivity contribution in [3.63, 3.8) is 0 Å². The molecule has 24 heavy (non-hydrogen) atoms. The third-order valence-electron chi connectivity index (χ3n) is 3.45.